The topological polar surface area (TPSA) is 37.8 Å². The smallest absolute Gasteiger partial charge is 0.143 e. The highest BCUT2D eigenvalue weighted by Gasteiger charge is 2.30. The van der Waals surface area contributed by atoms with Crippen LogP contribution in [0.1, 0.15) is 36.3 Å². The van der Waals surface area contributed by atoms with E-state index in [1.807, 2.05) is 12.1 Å². The molecule has 0 saturated heterocycles. The Kier molecular flexibility index (Phi) is 3.82. The van der Waals surface area contributed by atoms with E-state index in [0.29, 0.717) is 10.9 Å². The molecule has 0 spiro atoms. The van der Waals surface area contributed by atoms with Crippen molar-refractivity contribution < 1.29 is 0 Å². The summed E-state index contributed by atoms with van der Waals surface area (Å²) in [6.45, 7) is 3.99. The quantitative estimate of drug-likeness (QED) is 0.910. The molecule has 0 aliphatic heterocycles. The molecule has 3 rings (SSSR count). The van der Waals surface area contributed by atoms with Crippen LogP contribution in [0, 0.1) is 0 Å². The van der Waals surface area contributed by atoms with Crippen LogP contribution in [0.25, 0.3) is 10.7 Å². The van der Waals surface area contributed by atoms with Gasteiger partial charge in [0.15, 0.2) is 0 Å². The van der Waals surface area contributed by atoms with Crippen molar-refractivity contribution >= 4 is 22.9 Å². The molecule has 1 fully saturated rings. The van der Waals surface area contributed by atoms with E-state index in [2.05, 4.69) is 17.2 Å². The summed E-state index contributed by atoms with van der Waals surface area (Å²) in [5, 5.41) is 5.00. The third-order valence-corrected chi connectivity index (χ3v) is 4.57. The van der Waals surface area contributed by atoms with Crippen molar-refractivity contribution in [3.8, 4) is 10.7 Å². The molecule has 2 aromatic heterocycles. The Bertz CT molecular complexity index is 578. The van der Waals surface area contributed by atoms with Crippen LogP contribution in [0.3, 0.4) is 0 Å². The Morgan fingerprint density at radius 1 is 1.47 bits per heavy atom. The lowest BCUT2D eigenvalue weighted by Gasteiger charge is -2.00. The standard InChI is InChI=1S/C14H16ClN3S/c1-2-16-8-11-12(9-5-6-9)18-14(19-11)13-10(15)4-3-7-17-13/h3-4,7,9,16H,2,5-6,8H2,1H3. The molecule has 5 heteroatoms. The molecule has 0 atom stereocenters. The van der Waals surface area contributed by atoms with Gasteiger partial charge in [0.2, 0.25) is 0 Å². The van der Waals surface area contributed by atoms with Crippen LogP contribution in [-0.4, -0.2) is 16.5 Å². The highest BCUT2D eigenvalue weighted by Crippen LogP contribution is 2.44. The Morgan fingerprint density at radius 3 is 3.00 bits per heavy atom. The average molecular weight is 294 g/mol. The van der Waals surface area contributed by atoms with Gasteiger partial charge in [0.25, 0.3) is 0 Å². The molecule has 1 saturated carbocycles. The van der Waals surface area contributed by atoms with Crippen LogP contribution < -0.4 is 5.32 Å². The maximum absolute atomic E-state index is 6.21. The summed E-state index contributed by atoms with van der Waals surface area (Å²) in [5.41, 5.74) is 2.06. The van der Waals surface area contributed by atoms with Gasteiger partial charge in [0.1, 0.15) is 10.7 Å². The first-order chi connectivity index (χ1) is 9.29. The van der Waals surface area contributed by atoms with Gasteiger partial charge < -0.3 is 5.32 Å². The normalized spacial score (nSPS) is 14.8. The van der Waals surface area contributed by atoms with E-state index in [9.17, 15) is 0 Å². The fourth-order valence-electron chi connectivity index (χ4n) is 2.05. The van der Waals surface area contributed by atoms with Crippen molar-refractivity contribution in [1.29, 1.82) is 0 Å². The molecule has 0 amide bonds. The number of aromatic nitrogens is 2. The van der Waals surface area contributed by atoms with Crippen molar-refractivity contribution in [2.45, 2.75) is 32.2 Å². The SMILES string of the molecule is CCNCc1sc(-c2ncccc2Cl)nc1C1CC1. The zero-order chi connectivity index (χ0) is 13.2. The minimum absolute atomic E-state index is 0.654. The molecule has 0 radical (unpaired) electrons. The second-order valence-corrected chi connectivity index (χ2v) is 6.21. The van der Waals surface area contributed by atoms with Crippen molar-refractivity contribution in [1.82, 2.24) is 15.3 Å². The molecule has 19 heavy (non-hydrogen) atoms. The summed E-state index contributed by atoms with van der Waals surface area (Å²) in [4.78, 5) is 10.5. The van der Waals surface area contributed by atoms with Gasteiger partial charge in [-0.15, -0.1) is 11.3 Å². The number of nitrogens with one attached hydrogen (secondary N) is 1. The van der Waals surface area contributed by atoms with Gasteiger partial charge in [-0.2, -0.15) is 0 Å². The highest BCUT2D eigenvalue weighted by molar-refractivity contribution is 7.15. The molecule has 0 unspecified atom stereocenters. The minimum Gasteiger partial charge on any atom is -0.312 e. The molecule has 1 N–H and O–H groups in total. The third kappa shape index (κ3) is 2.81. The Balaban J connectivity index is 1.96. The lowest BCUT2D eigenvalue weighted by atomic mass is 10.2. The lowest BCUT2D eigenvalue weighted by molar-refractivity contribution is 0.727. The predicted molar refractivity (Wildman–Crippen MR) is 79.7 cm³/mol. The lowest BCUT2D eigenvalue weighted by Crippen LogP contribution is -2.11. The highest BCUT2D eigenvalue weighted by atomic mass is 35.5. The first kappa shape index (κ1) is 13.0. The van der Waals surface area contributed by atoms with Gasteiger partial charge in [-0.25, -0.2) is 4.98 Å². The molecule has 3 nitrogen and oxygen atoms in total. The van der Waals surface area contributed by atoms with E-state index in [1.165, 1.54) is 23.4 Å². The van der Waals surface area contributed by atoms with Crippen LogP contribution in [0.4, 0.5) is 0 Å². The van der Waals surface area contributed by atoms with Crippen LogP contribution in [0.2, 0.25) is 5.02 Å². The van der Waals surface area contributed by atoms with E-state index in [4.69, 9.17) is 16.6 Å². The summed E-state index contributed by atoms with van der Waals surface area (Å²) in [5.74, 6) is 0.654. The maximum Gasteiger partial charge on any atom is 0.143 e. The summed E-state index contributed by atoms with van der Waals surface area (Å²) >= 11 is 7.92. The molecule has 2 heterocycles. The van der Waals surface area contributed by atoms with E-state index in [1.54, 1.807) is 17.5 Å². The Labute approximate surface area is 122 Å². The zero-order valence-corrected chi connectivity index (χ0v) is 12.4. The fourth-order valence-corrected chi connectivity index (χ4v) is 3.44. The van der Waals surface area contributed by atoms with Gasteiger partial charge in [0.05, 0.1) is 10.7 Å². The molecule has 1 aliphatic carbocycles. The fraction of sp³-hybridized carbons (Fsp3) is 0.429. The van der Waals surface area contributed by atoms with Gasteiger partial charge >= 0.3 is 0 Å². The van der Waals surface area contributed by atoms with Crippen molar-refractivity contribution in [2.24, 2.45) is 0 Å². The van der Waals surface area contributed by atoms with E-state index in [0.717, 1.165) is 23.8 Å². The molecule has 1 aliphatic rings. The third-order valence-electron chi connectivity index (χ3n) is 3.19. The molecule has 100 valence electrons. The predicted octanol–water partition coefficient (Wildman–Crippen LogP) is 3.85. The molecule has 0 aromatic carbocycles. The number of rotatable bonds is 5. The van der Waals surface area contributed by atoms with Crippen LogP contribution in [0.5, 0.6) is 0 Å². The number of nitrogens with zero attached hydrogens (tertiary/aromatic N) is 2. The number of pyridine rings is 1. The summed E-state index contributed by atoms with van der Waals surface area (Å²) in [6, 6.07) is 3.72. The number of hydrogen-bond acceptors (Lipinski definition) is 4. The number of thiazole rings is 1. The van der Waals surface area contributed by atoms with Gasteiger partial charge in [0, 0.05) is 23.5 Å². The molecular weight excluding hydrogens is 278 g/mol. The average Bonchev–Trinajstić information content (AvgIpc) is 3.18. The van der Waals surface area contributed by atoms with Crippen molar-refractivity contribution in [3.05, 3.63) is 33.9 Å². The molecule has 2 aromatic rings. The Hall–Kier alpha value is -0.970. The number of hydrogen-bond donors (Lipinski definition) is 1. The van der Waals surface area contributed by atoms with E-state index < -0.39 is 0 Å². The zero-order valence-electron chi connectivity index (χ0n) is 10.8. The second-order valence-electron chi connectivity index (χ2n) is 4.72. The van der Waals surface area contributed by atoms with Crippen molar-refractivity contribution in [2.75, 3.05) is 6.54 Å². The van der Waals surface area contributed by atoms with Gasteiger partial charge in [-0.1, -0.05) is 18.5 Å². The first-order valence-electron chi connectivity index (χ1n) is 6.60. The summed E-state index contributed by atoms with van der Waals surface area (Å²) < 4.78 is 0. The molecular formula is C14H16ClN3S. The van der Waals surface area contributed by atoms with E-state index >= 15 is 0 Å². The maximum atomic E-state index is 6.21. The number of halogens is 1. The van der Waals surface area contributed by atoms with Crippen LogP contribution in [0.15, 0.2) is 18.3 Å². The van der Waals surface area contributed by atoms with E-state index in [-0.39, 0.29) is 0 Å². The van der Waals surface area contributed by atoms with Crippen molar-refractivity contribution in [3.63, 3.8) is 0 Å². The summed E-state index contributed by atoms with van der Waals surface area (Å²) in [6.07, 6.45) is 4.29. The monoisotopic (exact) mass is 293 g/mol. The largest absolute Gasteiger partial charge is 0.312 e. The summed E-state index contributed by atoms with van der Waals surface area (Å²) in [7, 11) is 0. The van der Waals surface area contributed by atoms with Crippen LogP contribution >= 0.6 is 22.9 Å². The second kappa shape index (κ2) is 5.57. The van der Waals surface area contributed by atoms with Gasteiger partial charge in [-0.05, 0) is 31.5 Å². The molecule has 0 bridgehead atoms. The Morgan fingerprint density at radius 2 is 2.32 bits per heavy atom. The van der Waals surface area contributed by atoms with Crippen LogP contribution in [-0.2, 0) is 6.54 Å². The van der Waals surface area contributed by atoms with Gasteiger partial charge in [-0.3, -0.25) is 4.98 Å². The first-order valence-corrected chi connectivity index (χ1v) is 7.80. The minimum atomic E-state index is 0.654.